The molecule has 0 saturated carbocycles. The summed E-state index contributed by atoms with van der Waals surface area (Å²) in [5.74, 6) is 0.683. The quantitative estimate of drug-likeness (QED) is 0.767. The molecule has 1 aliphatic heterocycles. The van der Waals surface area contributed by atoms with Crippen LogP contribution in [-0.4, -0.2) is 24.1 Å². The third-order valence-corrected chi connectivity index (χ3v) is 3.59. The lowest BCUT2D eigenvalue weighted by Gasteiger charge is -2.34. The van der Waals surface area contributed by atoms with Crippen LogP contribution in [0.15, 0.2) is 5.38 Å². The van der Waals surface area contributed by atoms with Crippen LogP contribution in [0.5, 0.6) is 0 Å². The molecule has 3 nitrogen and oxygen atoms in total. The van der Waals surface area contributed by atoms with Crippen LogP contribution >= 0.6 is 11.3 Å². The maximum atomic E-state index is 5.99. The lowest BCUT2D eigenvalue weighted by Crippen LogP contribution is -2.46. The van der Waals surface area contributed by atoms with Gasteiger partial charge in [0.25, 0.3) is 0 Å². The van der Waals surface area contributed by atoms with Gasteiger partial charge in [-0.3, -0.25) is 0 Å². The van der Waals surface area contributed by atoms with Crippen molar-refractivity contribution in [3.8, 4) is 0 Å². The van der Waals surface area contributed by atoms with Crippen LogP contribution in [0.3, 0.4) is 0 Å². The van der Waals surface area contributed by atoms with Crippen molar-refractivity contribution >= 4 is 16.5 Å². The number of thiazole rings is 1. The fourth-order valence-electron chi connectivity index (χ4n) is 2.04. The van der Waals surface area contributed by atoms with E-state index in [1.165, 1.54) is 0 Å². The highest BCUT2D eigenvalue weighted by Gasteiger charge is 2.23. The van der Waals surface area contributed by atoms with E-state index in [2.05, 4.69) is 22.2 Å². The average molecular weight is 211 g/mol. The van der Waals surface area contributed by atoms with Gasteiger partial charge >= 0.3 is 0 Å². The lowest BCUT2D eigenvalue weighted by atomic mass is 9.97. The first-order valence-electron chi connectivity index (χ1n) is 5.08. The van der Waals surface area contributed by atoms with Crippen molar-refractivity contribution in [3.05, 3.63) is 11.1 Å². The van der Waals surface area contributed by atoms with Gasteiger partial charge < -0.3 is 10.6 Å². The zero-order chi connectivity index (χ0) is 10.1. The Morgan fingerprint density at radius 1 is 1.57 bits per heavy atom. The molecule has 2 unspecified atom stereocenters. The number of hydrogen-bond acceptors (Lipinski definition) is 4. The number of piperidine rings is 1. The van der Waals surface area contributed by atoms with Gasteiger partial charge in [-0.15, -0.1) is 11.3 Å². The summed E-state index contributed by atoms with van der Waals surface area (Å²) in [4.78, 5) is 6.81. The number of aryl methyl sites for hydroxylation is 1. The maximum Gasteiger partial charge on any atom is 0.185 e. The second kappa shape index (κ2) is 3.87. The summed E-state index contributed by atoms with van der Waals surface area (Å²) in [6, 6.07) is 0.308. The Hall–Kier alpha value is -0.610. The monoisotopic (exact) mass is 211 g/mol. The predicted octanol–water partition coefficient (Wildman–Crippen LogP) is 1.63. The molecule has 0 radical (unpaired) electrons. The third kappa shape index (κ3) is 2.07. The van der Waals surface area contributed by atoms with Crippen molar-refractivity contribution in [3.63, 3.8) is 0 Å². The second-order valence-electron chi connectivity index (χ2n) is 4.28. The fraction of sp³-hybridized carbons (Fsp3) is 0.700. The van der Waals surface area contributed by atoms with E-state index >= 15 is 0 Å². The number of rotatable bonds is 1. The van der Waals surface area contributed by atoms with Crippen LogP contribution in [-0.2, 0) is 0 Å². The van der Waals surface area contributed by atoms with E-state index in [-0.39, 0.29) is 0 Å². The van der Waals surface area contributed by atoms with E-state index in [1.54, 1.807) is 11.3 Å². The first-order valence-corrected chi connectivity index (χ1v) is 5.96. The minimum atomic E-state index is 0.308. The zero-order valence-corrected chi connectivity index (χ0v) is 9.55. The van der Waals surface area contributed by atoms with Crippen molar-refractivity contribution in [1.82, 2.24) is 4.98 Å². The van der Waals surface area contributed by atoms with E-state index in [0.717, 1.165) is 30.3 Å². The van der Waals surface area contributed by atoms with Gasteiger partial charge in [0.1, 0.15) is 0 Å². The molecule has 0 aromatic carbocycles. The first kappa shape index (κ1) is 9.93. The molecule has 0 aliphatic carbocycles. The molecule has 0 amide bonds. The first-order chi connectivity index (χ1) is 6.65. The van der Waals surface area contributed by atoms with Gasteiger partial charge in [-0.05, 0) is 19.3 Å². The van der Waals surface area contributed by atoms with Gasteiger partial charge in [0.15, 0.2) is 5.13 Å². The van der Waals surface area contributed by atoms with E-state index in [0.29, 0.717) is 12.0 Å². The lowest BCUT2D eigenvalue weighted by molar-refractivity contribution is 0.401. The fourth-order valence-corrected chi connectivity index (χ4v) is 2.87. The molecule has 2 rings (SSSR count). The van der Waals surface area contributed by atoms with Crippen LogP contribution in [0, 0.1) is 12.8 Å². The van der Waals surface area contributed by atoms with Crippen LogP contribution in [0.4, 0.5) is 5.13 Å². The van der Waals surface area contributed by atoms with Crippen molar-refractivity contribution in [2.45, 2.75) is 26.3 Å². The predicted molar refractivity (Wildman–Crippen MR) is 60.8 cm³/mol. The molecular weight excluding hydrogens is 194 g/mol. The Kier molecular flexibility index (Phi) is 2.74. The van der Waals surface area contributed by atoms with Crippen LogP contribution in [0.2, 0.25) is 0 Å². The van der Waals surface area contributed by atoms with Crippen molar-refractivity contribution in [1.29, 1.82) is 0 Å². The Balaban J connectivity index is 2.10. The van der Waals surface area contributed by atoms with E-state index in [9.17, 15) is 0 Å². The molecule has 2 atom stereocenters. The number of aromatic nitrogens is 1. The van der Waals surface area contributed by atoms with E-state index < -0.39 is 0 Å². The van der Waals surface area contributed by atoms with Gasteiger partial charge in [0.2, 0.25) is 0 Å². The Labute approximate surface area is 88.9 Å². The molecule has 1 saturated heterocycles. The van der Waals surface area contributed by atoms with Crippen molar-refractivity contribution in [2.24, 2.45) is 11.7 Å². The summed E-state index contributed by atoms with van der Waals surface area (Å²) in [6.07, 6.45) is 1.14. The summed E-state index contributed by atoms with van der Waals surface area (Å²) in [6.45, 7) is 6.34. The molecule has 78 valence electrons. The molecule has 1 aromatic rings. The topological polar surface area (TPSA) is 42.1 Å². The molecule has 1 aromatic heterocycles. The number of anilines is 1. The number of nitrogens with two attached hydrogens (primary N) is 1. The third-order valence-electron chi connectivity index (χ3n) is 2.57. The Morgan fingerprint density at radius 2 is 2.36 bits per heavy atom. The number of nitrogens with zero attached hydrogens (tertiary/aromatic N) is 2. The molecule has 4 heteroatoms. The molecule has 0 spiro atoms. The number of hydrogen-bond donors (Lipinski definition) is 1. The summed E-state index contributed by atoms with van der Waals surface area (Å²) >= 11 is 1.72. The smallest absolute Gasteiger partial charge is 0.185 e. The molecular formula is C10H17N3S. The van der Waals surface area contributed by atoms with Crippen LogP contribution < -0.4 is 10.6 Å². The highest BCUT2D eigenvalue weighted by atomic mass is 32.1. The molecule has 2 N–H and O–H groups in total. The Bertz CT molecular complexity index is 300. The van der Waals surface area contributed by atoms with Gasteiger partial charge in [-0.1, -0.05) is 6.92 Å². The molecule has 0 bridgehead atoms. The zero-order valence-electron chi connectivity index (χ0n) is 8.73. The highest BCUT2D eigenvalue weighted by Crippen LogP contribution is 2.25. The largest absolute Gasteiger partial charge is 0.346 e. The normalized spacial score (nSPS) is 28.1. The van der Waals surface area contributed by atoms with Gasteiger partial charge in [-0.2, -0.15) is 0 Å². The van der Waals surface area contributed by atoms with Crippen molar-refractivity contribution < 1.29 is 0 Å². The summed E-state index contributed by atoms with van der Waals surface area (Å²) in [5, 5.41) is 3.23. The van der Waals surface area contributed by atoms with Gasteiger partial charge in [-0.25, -0.2) is 4.98 Å². The molecule has 14 heavy (non-hydrogen) atoms. The van der Waals surface area contributed by atoms with Gasteiger partial charge in [0, 0.05) is 24.5 Å². The highest BCUT2D eigenvalue weighted by molar-refractivity contribution is 7.13. The SMILES string of the molecule is Cc1csc(N2CC(C)CC(N)C2)n1. The van der Waals surface area contributed by atoms with Gasteiger partial charge in [0.05, 0.1) is 5.69 Å². The summed E-state index contributed by atoms with van der Waals surface area (Å²) < 4.78 is 0. The summed E-state index contributed by atoms with van der Waals surface area (Å²) in [5.41, 5.74) is 7.10. The molecule has 1 fully saturated rings. The minimum absolute atomic E-state index is 0.308. The summed E-state index contributed by atoms with van der Waals surface area (Å²) in [7, 11) is 0. The van der Waals surface area contributed by atoms with Crippen LogP contribution in [0.25, 0.3) is 0 Å². The molecule has 2 heterocycles. The van der Waals surface area contributed by atoms with E-state index in [1.807, 2.05) is 6.92 Å². The Morgan fingerprint density at radius 3 is 2.93 bits per heavy atom. The standard InChI is InChI=1S/C10H17N3S/c1-7-3-9(11)5-13(4-7)10-12-8(2)6-14-10/h6-7,9H,3-5,11H2,1-2H3. The molecule has 1 aliphatic rings. The maximum absolute atomic E-state index is 5.99. The minimum Gasteiger partial charge on any atom is -0.346 e. The van der Waals surface area contributed by atoms with Crippen molar-refractivity contribution in [2.75, 3.05) is 18.0 Å². The average Bonchev–Trinajstić information content (AvgIpc) is 2.50. The van der Waals surface area contributed by atoms with Crippen LogP contribution in [0.1, 0.15) is 19.0 Å². The second-order valence-corrected chi connectivity index (χ2v) is 5.11. The van der Waals surface area contributed by atoms with E-state index in [4.69, 9.17) is 5.73 Å².